The number of rotatable bonds is 4. The van der Waals surface area contributed by atoms with Crippen LogP contribution in [0.25, 0.3) is 0 Å². The predicted molar refractivity (Wildman–Crippen MR) is 81.5 cm³/mol. The van der Waals surface area contributed by atoms with E-state index >= 15 is 0 Å². The number of nitrogens with one attached hydrogen (secondary N) is 1. The van der Waals surface area contributed by atoms with E-state index in [4.69, 9.17) is 0 Å². The SMILES string of the molecule is Cc1ccccc1Cn1cnc(NC(=O)c2ccnn2C)n1. The topological polar surface area (TPSA) is 77.6 Å². The lowest BCUT2D eigenvalue weighted by Crippen LogP contribution is -2.17. The van der Waals surface area contributed by atoms with E-state index in [2.05, 4.69) is 33.5 Å². The Hall–Kier alpha value is -2.96. The van der Waals surface area contributed by atoms with Gasteiger partial charge >= 0.3 is 0 Å². The summed E-state index contributed by atoms with van der Waals surface area (Å²) in [6, 6.07) is 9.73. The van der Waals surface area contributed by atoms with Gasteiger partial charge in [-0.25, -0.2) is 9.67 Å². The summed E-state index contributed by atoms with van der Waals surface area (Å²) in [6.07, 6.45) is 3.17. The van der Waals surface area contributed by atoms with Crippen LogP contribution in [-0.4, -0.2) is 30.5 Å². The number of carbonyl (C=O) groups excluding carboxylic acids is 1. The van der Waals surface area contributed by atoms with Crippen molar-refractivity contribution < 1.29 is 4.79 Å². The first-order valence-electron chi connectivity index (χ1n) is 6.87. The molecule has 112 valence electrons. The Kier molecular flexibility index (Phi) is 3.69. The fourth-order valence-corrected chi connectivity index (χ4v) is 2.15. The van der Waals surface area contributed by atoms with Crippen LogP contribution < -0.4 is 5.32 Å². The molecule has 0 spiro atoms. The van der Waals surface area contributed by atoms with Crippen LogP contribution in [0, 0.1) is 6.92 Å². The second kappa shape index (κ2) is 5.80. The average molecular weight is 296 g/mol. The molecule has 0 aliphatic rings. The normalized spacial score (nSPS) is 10.6. The maximum atomic E-state index is 12.1. The molecule has 0 fully saturated rings. The first-order valence-corrected chi connectivity index (χ1v) is 6.87. The fourth-order valence-electron chi connectivity index (χ4n) is 2.15. The minimum Gasteiger partial charge on any atom is -0.288 e. The van der Waals surface area contributed by atoms with Crippen molar-refractivity contribution >= 4 is 11.9 Å². The van der Waals surface area contributed by atoms with E-state index in [1.807, 2.05) is 18.2 Å². The molecule has 3 aromatic rings. The molecule has 0 atom stereocenters. The van der Waals surface area contributed by atoms with Gasteiger partial charge in [-0.1, -0.05) is 24.3 Å². The molecule has 0 saturated carbocycles. The zero-order chi connectivity index (χ0) is 15.5. The molecular formula is C15H16N6O. The summed E-state index contributed by atoms with van der Waals surface area (Å²) in [7, 11) is 1.71. The quantitative estimate of drug-likeness (QED) is 0.793. The molecule has 0 bridgehead atoms. The summed E-state index contributed by atoms with van der Waals surface area (Å²) < 4.78 is 3.20. The fraction of sp³-hybridized carbons (Fsp3) is 0.200. The number of hydrogen-bond acceptors (Lipinski definition) is 4. The van der Waals surface area contributed by atoms with Crippen LogP contribution in [0.4, 0.5) is 5.95 Å². The van der Waals surface area contributed by atoms with E-state index in [1.165, 1.54) is 10.2 Å². The summed E-state index contributed by atoms with van der Waals surface area (Å²) >= 11 is 0. The predicted octanol–water partition coefficient (Wildman–Crippen LogP) is 1.62. The minimum absolute atomic E-state index is 0.278. The number of aromatic nitrogens is 5. The molecule has 1 aromatic carbocycles. The third-order valence-corrected chi connectivity index (χ3v) is 3.41. The summed E-state index contributed by atoms with van der Waals surface area (Å²) in [4.78, 5) is 16.2. The van der Waals surface area contributed by atoms with Crippen LogP contribution in [0.2, 0.25) is 0 Å². The molecule has 2 aromatic heterocycles. The molecule has 22 heavy (non-hydrogen) atoms. The number of anilines is 1. The third-order valence-electron chi connectivity index (χ3n) is 3.41. The van der Waals surface area contributed by atoms with E-state index in [0.717, 1.165) is 5.56 Å². The lowest BCUT2D eigenvalue weighted by molar-refractivity contribution is 0.101. The molecule has 1 amide bonds. The van der Waals surface area contributed by atoms with Crippen LogP contribution in [0.5, 0.6) is 0 Å². The maximum Gasteiger partial charge on any atom is 0.276 e. The monoisotopic (exact) mass is 296 g/mol. The molecule has 0 aliphatic carbocycles. The number of benzene rings is 1. The van der Waals surface area contributed by atoms with Gasteiger partial charge in [0, 0.05) is 13.2 Å². The summed E-state index contributed by atoms with van der Waals surface area (Å²) in [5, 5.41) is 10.9. The van der Waals surface area contributed by atoms with Gasteiger partial charge in [0.15, 0.2) is 0 Å². The first-order chi connectivity index (χ1) is 10.6. The molecular weight excluding hydrogens is 280 g/mol. The Balaban J connectivity index is 1.70. The van der Waals surface area contributed by atoms with Crippen molar-refractivity contribution in [3.63, 3.8) is 0 Å². The Labute approximate surface area is 127 Å². The van der Waals surface area contributed by atoms with E-state index in [9.17, 15) is 4.79 Å². The highest BCUT2D eigenvalue weighted by atomic mass is 16.2. The second-order valence-electron chi connectivity index (χ2n) is 4.99. The standard InChI is InChI=1S/C15H16N6O/c1-11-5-3-4-6-12(11)9-21-10-16-15(19-21)18-14(22)13-7-8-17-20(13)2/h3-8,10H,9H2,1-2H3,(H,18,19,22). The highest BCUT2D eigenvalue weighted by Crippen LogP contribution is 2.09. The third kappa shape index (κ3) is 2.88. The smallest absolute Gasteiger partial charge is 0.276 e. The number of carbonyl (C=O) groups is 1. The molecule has 0 unspecified atom stereocenters. The molecule has 7 nitrogen and oxygen atoms in total. The molecule has 1 N–H and O–H groups in total. The van der Waals surface area contributed by atoms with Crippen LogP contribution >= 0.6 is 0 Å². The van der Waals surface area contributed by atoms with Crippen molar-refractivity contribution in [2.75, 3.05) is 5.32 Å². The van der Waals surface area contributed by atoms with Crippen molar-refractivity contribution in [2.24, 2.45) is 7.05 Å². The average Bonchev–Trinajstić information content (AvgIpc) is 3.10. The van der Waals surface area contributed by atoms with Gasteiger partial charge < -0.3 is 0 Å². The Morgan fingerprint density at radius 1 is 1.27 bits per heavy atom. The lowest BCUT2D eigenvalue weighted by atomic mass is 10.1. The van der Waals surface area contributed by atoms with Gasteiger partial charge in [0.1, 0.15) is 12.0 Å². The highest BCUT2D eigenvalue weighted by molar-refractivity contribution is 6.01. The number of hydrogen-bond donors (Lipinski definition) is 1. The van der Waals surface area contributed by atoms with E-state index in [1.54, 1.807) is 30.3 Å². The van der Waals surface area contributed by atoms with Crippen LogP contribution in [0.15, 0.2) is 42.9 Å². The maximum absolute atomic E-state index is 12.1. The van der Waals surface area contributed by atoms with Crippen LogP contribution in [0.1, 0.15) is 21.6 Å². The van der Waals surface area contributed by atoms with Gasteiger partial charge in [0.2, 0.25) is 5.95 Å². The molecule has 0 radical (unpaired) electrons. The molecule has 3 rings (SSSR count). The Morgan fingerprint density at radius 2 is 2.09 bits per heavy atom. The van der Waals surface area contributed by atoms with Gasteiger partial charge in [0.05, 0.1) is 6.54 Å². The van der Waals surface area contributed by atoms with Crippen molar-refractivity contribution in [2.45, 2.75) is 13.5 Å². The summed E-state index contributed by atoms with van der Waals surface area (Å²) in [6.45, 7) is 2.67. The van der Waals surface area contributed by atoms with Gasteiger partial charge in [-0.05, 0) is 24.1 Å². The zero-order valence-electron chi connectivity index (χ0n) is 12.4. The second-order valence-corrected chi connectivity index (χ2v) is 4.99. The molecule has 7 heteroatoms. The largest absolute Gasteiger partial charge is 0.288 e. The number of aryl methyl sites for hydroxylation is 2. The van der Waals surface area contributed by atoms with Gasteiger partial charge in [-0.2, -0.15) is 5.10 Å². The van der Waals surface area contributed by atoms with Crippen LogP contribution in [0.3, 0.4) is 0 Å². The van der Waals surface area contributed by atoms with Crippen molar-refractivity contribution in [1.29, 1.82) is 0 Å². The van der Waals surface area contributed by atoms with Crippen LogP contribution in [-0.2, 0) is 13.6 Å². The minimum atomic E-state index is -0.284. The Bertz CT molecular complexity index is 804. The highest BCUT2D eigenvalue weighted by Gasteiger charge is 2.12. The van der Waals surface area contributed by atoms with E-state index in [-0.39, 0.29) is 11.9 Å². The Morgan fingerprint density at radius 3 is 2.82 bits per heavy atom. The molecule has 0 saturated heterocycles. The first kappa shape index (κ1) is 14.0. The van der Waals surface area contributed by atoms with E-state index in [0.29, 0.717) is 12.2 Å². The lowest BCUT2D eigenvalue weighted by Gasteiger charge is -2.04. The zero-order valence-corrected chi connectivity index (χ0v) is 12.4. The van der Waals surface area contributed by atoms with Crippen molar-refractivity contribution in [1.82, 2.24) is 24.5 Å². The summed E-state index contributed by atoms with van der Waals surface area (Å²) in [5.74, 6) is -0.00609. The van der Waals surface area contributed by atoms with Gasteiger partial charge in [-0.15, -0.1) is 5.10 Å². The van der Waals surface area contributed by atoms with Crippen molar-refractivity contribution in [3.8, 4) is 0 Å². The summed E-state index contributed by atoms with van der Waals surface area (Å²) in [5.41, 5.74) is 2.81. The van der Waals surface area contributed by atoms with Crippen molar-refractivity contribution in [3.05, 3.63) is 59.7 Å². The van der Waals surface area contributed by atoms with Gasteiger partial charge in [-0.3, -0.25) is 14.8 Å². The molecule has 2 heterocycles. The van der Waals surface area contributed by atoms with E-state index < -0.39 is 0 Å². The van der Waals surface area contributed by atoms with Gasteiger partial charge in [0.25, 0.3) is 5.91 Å². The number of nitrogens with zero attached hydrogens (tertiary/aromatic N) is 5. The number of amides is 1. The molecule has 0 aliphatic heterocycles.